The number of benzene rings is 1. The Morgan fingerprint density at radius 3 is 2.45 bits per heavy atom. The van der Waals surface area contributed by atoms with Crippen LogP contribution in [0.15, 0.2) is 30.3 Å². The molecule has 0 aliphatic carbocycles. The standard InChI is InChI=1S/C17H18N2O2S/c20-15(14-11-12-3-1-2-4-13(12)22-14)16(21)18-17-5-8-19(9-6-17)10-7-17/h1-4,11H,5-10H2,(H,18,21). The second kappa shape index (κ2) is 5.18. The van der Waals surface area contributed by atoms with Gasteiger partial charge in [0.15, 0.2) is 0 Å². The number of carbonyl (C=O) groups is 2. The first kappa shape index (κ1) is 13.9. The summed E-state index contributed by atoms with van der Waals surface area (Å²) in [5.41, 5.74) is -0.155. The number of piperidine rings is 3. The molecule has 3 aliphatic heterocycles. The Kier molecular flexibility index (Phi) is 3.27. The number of thiophene rings is 1. The minimum atomic E-state index is -0.443. The zero-order valence-corrected chi connectivity index (χ0v) is 13.1. The topological polar surface area (TPSA) is 49.4 Å². The molecular weight excluding hydrogens is 296 g/mol. The van der Waals surface area contributed by atoms with Gasteiger partial charge in [-0.25, -0.2) is 0 Å². The smallest absolute Gasteiger partial charge is 0.293 e. The zero-order valence-electron chi connectivity index (χ0n) is 12.3. The van der Waals surface area contributed by atoms with Gasteiger partial charge in [0, 0.05) is 29.9 Å². The third kappa shape index (κ3) is 2.34. The van der Waals surface area contributed by atoms with E-state index in [1.54, 1.807) is 0 Å². The van der Waals surface area contributed by atoms with Gasteiger partial charge in [-0.05, 0) is 36.8 Å². The molecule has 3 fully saturated rings. The van der Waals surface area contributed by atoms with E-state index in [1.165, 1.54) is 11.3 Å². The summed E-state index contributed by atoms with van der Waals surface area (Å²) >= 11 is 1.39. The first-order chi connectivity index (χ1) is 10.7. The van der Waals surface area contributed by atoms with Crippen molar-refractivity contribution in [3.8, 4) is 0 Å². The average molecular weight is 314 g/mol. The normalized spacial score (nSPS) is 27.0. The van der Waals surface area contributed by atoms with Crippen LogP contribution in [0.4, 0.5) is 0 Å². The molecule has 4 nitrogen and oxygen atoms in total. The average Bonchev–Trinajstić information content (AvgIpc) is 2.99. The van der Waals surface area contributed by atoms with Crippen LogP contribution in [-0.4, -0.2) is 41.8 Å². The molecule has 5 heteroatoms. The number of fused-ring (bicyclic) bond motifs is 4. The third-order valence-electron chi connectivity index (χ3n) is 4.95. The van der Waals surface area contributed by atoms with Crippen molar-refractivity contribution < 1.29 is 9.59 Å². The molecule has 1 N–H and O–H groups in total. The highest BCUT2D eigenvalue weighted by Gasteiger charge is 2.41. The van der Waals surface area contributed by atoms with Crippen molar-refractivity contribution in [3.63, 3.8) is 0 Å². The summed E-state index contributed by atoms with van der Waals surface area (Å²) in [5.74, 6) is -0.842. The lowest BCUT2D eigenvalue weighted by atomic mass is 9.80. The van der Waals surface area contributed by atoms with E-state index in [4.69, 9.17) is 0 Å². The van der Waals surface area contributed by atoms with Gasteiger partial charge in [-0.2, -0.15) is 0 Å². The van der Waals surface area contributed by atoms with Gasteiger partial charge in [0.05, 0.1) is 4.88 Å². The Labute approximate surface area is 133 Å². The van der Waals surface area contributed by atoms with Gasteiger partial charge in [-0.3, -0.25) is 9.59 Å². The quantitative estimate of drug-likeness (QED) is 0.699. The van der Waals surface area contributed by atoms with Crippen molar-refractivity contribution in [2.24, 2.45) is 0 Å². The number of nitrogens with zero attached hydrogens (tertiary/aromatic N) is 1. The largest absolute Gasteiger partial charge is 0.344 e. The summed E-state index contributed by atoms with van der Waals surface area (Å²) in [7, 11) is 0. The molecule has 0 unspecified atom stereocenters. The van der Waals surface area contributed by atoms with Crippen molar-refractivity contribution in [1.82, 2.24) is 10.2 Å². The van der Waals surface area contributed by atoms with Crippen molar-refractivity contribution >= 4 is 33.1 Å². The molecule has 22 heavy (non-hydrogen) atoms. The van der Waals surface area contributed by atoms with Crippen molar-refractivity contribution in [3.05, 3.63) is 35.2 Å². The Morgan fingerprint density at radius 2 is 1.77 bits per heavy atom. The van der Waals surface area contributed by atoms with Gasteiger partial charge in [-0.15, -0.1) is 11.3 Å². The predicted molar refractivity (Wildman–Crippen MR) is 87.3 cm³/mol. The summed E-state index contributed by atoms with van der Waals surface area (Å²) in [6.07, 6.45) is 2.87. The molecule has 1 aromatic carbocycles. The monoisotopic (exact) mass is 314 g/mol. The summed E-state index contributed by atoms with van der Waals surface area (Å²) in [6.45, 7) is 3.08. The lowest BCUT2D eigenvalue weighted by molar-refractivity contribution is -0.120. The van der Waals surface area contributed by atoms with Crippen LogP contribution in [0.3, 0.4) is 0 Å². The fourth-order valence-electron chi connectivity index (χ4n) is 3.52. The van der Waals surface area contributed by atoms with Crippen LogP contribution in [-0.2, 0) is 4.79 Å². The highest BCUT2D eigenvalue weighted by Crippen LogP contribution is 2.32. The van der Waals surface area contributed by atoms with Crippen molar-refractivity contribution in [2.45, 2.75) is 24.8 Å². The molecule has 3 aliphatic rings. The van der Waals surface area contributed by atoms with Crippen LogP contribution in [0, 0.1) is 0 Å². The SMILES string of the molecule is O=C(NC12CCN(CC1)CC2)C(=O)c1cc2ccccc2s1. The van der Waals surface area contributed by atoms with Crippen LogP contribution in [0.25, 0.3) is 10.1 Å². The van der Waals surface area contributed by atoms with E-state index in [0.717, 1.165) is 49.0 Å². The minimum Gasteiger partial charge on any atom is -0.344 e. The van der Waals surface area contributed by atoms with E-state index in [9.17, 15) is 9.59 Å². The maximum Gasteiger partial charge on any atom is 0.293 e. The number of carbonyl (C=O) groups excluding carboxylic acids is 2. The molecule has 114 valence electrons. The van der Waals surface area contributed by atoms with Crippen LogP contribution in [0.2, 0.25) is 0 Å². The molecule has 4 heterocycles. The molecule has 0 atom stereocenters. The number of ketones is 1. The van der Waals surface area contributed by atoms with E-state index >= 15 is 0 Å². The third-order valence-corrected chi connectivity index (χ3v) is 6.07. The molecule has 2 aromatic rings. The lowest BCUT2D eigenvalue weighted by Gasteiger charge is -2.48. The molecule has 0 spiro atoms. The molecule has 0 radical (unpaired) electrons. The molecule has 1 aromatic heterocycles. The second-order valence-electron chi connectivity index (χ2n) is 6.30. The second-order valence-corrected chi connectivity index (χ2v) is 7.39. The van der Waals surface area contributed by atoms with Crippen molar-refractivity contribution in [1.29, 1.82) is 0 Å². The van der Waals surface area contributed by atoms with Crippen molar-refractivity contribution in [2.75, 3.05) is 19.6 Å². The van der Waals surface area contributed by atoms with E-state index in [-0.39, 0.29) is 5.54 Å². The number of hydrogen-bond donors (Lipinski definition) is 1. The van der Waals surface area contributed by atoms with Gasteiger partial charge in [0.1, 0.15) is 0 Å². The van der Waals surface area contributed by atoms with Crippen LogP contribution in [0.5, 0.6) is 0 Å². The van der Waals surface area contributed by atoms with E-state index < -0.39 is 11.7 Å². The maximum absolute atomic E-state index is 12.4. The Morgan fingerprint density at radius 1 is 1.09 bits per heavy atom. The molecule has 2 bridgehead atoms. The van der Waals surface area contributed by atoms with E-state index in [1.807, 2.05) is 30.3 Å². The Balaban J connectivity index is 1.53. The van der Waals surface area contributed by atoms with Gasteiger partial charge in [0.2, 0.25) is 0 Å². The number of Topliss-reactive ketones (excluding diaryl/α,β-unsaturated/α-hetero) is 1. The summed E-state index contributed by atoms with van der Waals surface area (Å²) in [6, 6.07) is 9.66. The minimum absolute atomic E-state index is 0.155. The Bertz CT molecular complexity index is 697. The highest BCUT2D eigenvalue weighted by atomic mass is 32.1. The lowest BCUT2D eigenvalue weighted by Crippen LogP contribution is -2.61. The number of rotatable bonds is 3. The number of nitrogens with one attached hydrogen (secondary N) is 1. The molecule has 0 saturated carbocycles. The number of hydrogen-bond acceptors (Lipinski definition) is 4. The zero-order chi connectivity index (χ0) is 15.2. The van der Waals surface area contributed by atoms with Gasteiger partial charge < -0.3 is 10.2 Å². The summed E-state index contributed by atoms with van der Waals surface area (Å²) in [4.78, 5) is 27.8. The van der Waals surface area contributed by atoms with Gasteiger partial charge in [0.25, 0.3) is 11.7 Å². The molecular formula is C17H18N2O2S. The van der Waals surface area contributed by atoms with Crippen LogP contribution in [0.1, 0.15) is 28.9 Å². The fraction of sp³-hybridized carbons (Fsp3) is 0.412. The van der Waals surface area contributed by atoms with Gasteiger partial charge >= 0.3 is 0 Å². The molecule has 1 amide bonds. The summed E-state index contributed by atoms with van der Waals surface area (Å²) in [5, 5.41) is 4.08. The van der Waals surface area contributed by atoms with E-state index in [2.05, 4.69) is 10.2 Å². The van der Waals surface area contributed by atoms with Crippen LogP contribution < -0.4 is 5.32 Å². The maximum atomic E-state index is 12.4. The van der Waals surface area contributed by atoms with E-state index in [0.29, 0.717) is 4.88 Å². The fourth-order valence-corrected chi connectivity index (χ4v) is 4.52. The molecule has 5 rings (SSSR count). The van der Waals surface area contributed by atoms with Crippen LogP contribution >= 0.6 is 11.3 Å². The molecule has 3 saturated heterocycles. The number of amides is 1. The highest BCUT2D eigenvalue weighted by molar-refractivity contribution is 7.21. The summed E-state index contributed by atoms with van der Waals surface area (Å²) < 4.78 is 1.04. The van der Waals surface area contributed by atoms with Gasteiger partial charge in [-0.1, -0.05) is 18.2 Å². The first-order valence-electron chi connectivity index (χ1n) is 7.73. The Hall–Kier alpha value is -1.72. The predicted octanol–water partition coefficient (Wildman–Crippen LogP) is 2.44. The first-order valence-corrected chi connectivity index (χ1v) is 8.55.